The number of imidazole rings is 1. The third kappa shape index (κ3) is 4.77. The topological polar surface area (TPSA) is 111 Å². The number of carbonyl (C=O) groups excluding carboxylic acids is 1. The van der Waals surface area contributed by atoms with Crippen molar-refractivity contribution in [1.29, 1.82) is 0 Å². The van der Waals surface area contributed by atoms with Crippen molar-refractivity contribution in [2.24, 2.45) is 18.7 Å². The van der Waals surface area contributed by atoms with Crippen LogP contribution in [0.25, 0.3) is 44.8 Å². The summed E-state index contributed by atoms with van der Waals surface area (Å²) in [6.45, 7) is 5.09. The normalized spacial score (nSPS) is 18.8. The molecule has 1 saturated heterocycles. The highest BCUT2D eigenvalue weighted by atomic mass is 19.1. The van der Waals surface area contributed by atoms with Crippen LogP contribution in [-0.2, 0) is 13.6 Å². The molecule has 1 aliphatic heterocycles. The Bertz CT molecular complexity index is 1930. The van der Waals surface area contributed by atoms with Gasteiger partial charge in [-0.1, -0.05) is 0 Å². The van der Waals surface area contributed by atoms with E-state index in [4.69, 9.17) is 20.4 Å². The molecule has 10 heteroatoms. The third-order valence-electron chi connectivity index (χ3n) is 9.27. The second-order valence-electron chi connectivity index (χ2n) is 12.4. The maximum Gasteiger partial charge on any atom is 0.254 e. The number of methoxy groups -OCH3 is 1. The number of piperidine rings is 1. The van der Waals surface area contributed by atoms with E-state index in [1.54, 1.807) is 25.3 Å². The van der Waals surface area contributed by atoms with Crippen molar-refractivity contribution in [2.75, 3.05) is 20.2 Å². The van der Waals surface area contributed by atoms with Gasteiger partial charge in [-0.15, -0.1) is 0 Å². The van der Waals surface area contributed by atoms with Gasteiger partial charge in [0.2, 0.25) is 0 Å². The number of rotatable bonds is 6. The molecule has 5 aromatic rings. The van der Waals surface area contributed by atoms with Gasteiger partial charge in [0, 0.05) is 42.7 Å². The number of aryl methyl sites for hydroxylation is 1. The Hall–Kier alpha value is -4.44. The first-order chi connectivity index (χ1) is 21.1. The molecule has 4 heterocycles. The number of nitrogens with two attached hydrogens (primary N) is 1. The first kappa shape index (κ1) is 28.3. The molecule has 9 nitrogen and oxygen atoms in total. The Morgan fingerprint density at radius 3 is 2.61 bits per heavy atom. The van der Waals surface area contributed by atoms with Crippen LogP contribution in [0.2, 0.25) is 0 Å². The van der Waals surface area contributed by atoms with E-state index in [-0.39, 0.29) is 30.7 Å². The van der Waals surface area contributed by atoms with Gasteiger partial charge >= 0.3 is 0 Å². The number of halogens is 1. The summed E-state index contributed by atoms with van der Waals surface area (Å²) in [5, 5.41) is 11.2. The van der Waals surface area contributed by atoms with Gasteiger partial charge in [-0.25, -0.2) is 14.4 Å². The number of carbonyl (C=O) groups is 1. The molecule has 1 aliphatic carbocycles. The lowest BCUT2D eigenvalue weighted by Gasteiger charge is -2.33. The molecule has 0 unspecified atom stereocenters. The number of likely N-dealkylation sites (tertiary alicyclic amines) is 1. The minimum Gasteiger partial charge on any atom is -0.508 e. The fourth-order valence-corrected chi connectivity index (χ4v) is 6.53. The molecule has 228 valence electrons. The molecular formula is C34H37FN6O3. The summed E-state index contributed by atoms with van der Waals surface area (Å²) in [6, 6.07) is 13.0. The molecule has 2 atom stereocenters. The molecule has 1 saturated carbocycles. The largest absolute Gasteiger partial charge is 0.508 e. The molecule has 3 N–H and O–H groups in total. The lowest BCUT2D eigenvalue weighted by Crippen LogP contribution is -2.50. The number of phenols is 1. The van der Waals surface area contributed by atoms with Crippen LogP contribution >= 0.6 is 0 Å². The van der Waals surface area contributed by atoms with Gasteiger partial charge < -0.3 is 29.6 Å². The molecule has 7 rings (SSSR count). The van der Waals surface area contributed by atoms with E-state index >= 15 is 0 Å². The van der Waals surface area contributed by atoms with Crippen LogP contribution in [0, 0.1) is 19.8 Å². The summed E-state index contributed by atoms with van der Waals surface area (Å²) in [6.07, 6.45) is 1.47. The zero-order chi connectivity index (χ0) is 30.9. The summed E-state index contributed by atoms with van der Waals surface area (Å²) in [5.41, 5.74) is 13.3. The number of phenolic OH excluding ortho intramolecular Hbond substituents is 1. The monoisotopic (exact) mass is 596 g/mol. The van der Waals surface area contributed by atoms with Crippen LogP contribution in [0.1, 0.15) is 40.7 Å². The van der Waals surface area contributed by atoms with Gasteiger partial charge in [-0.3, -0.25) is 4.79 Å². The number of amides is 1. The van der Waals surface area contributed by atoms with Gasteiger partial charge in [-0.05, 0) is 92.6 Å². The quantitative estimate of drug-likeness (QED) is 0.268. The Balaban J connectivity index is 1.35. The summed E-state index contributed by atoms with van der Waals surface area (Å²) in [4.78, 5) is 25.1. The first-order valence-electron chi connectivity index (χ1n) is 15.2. The van der Waals surface area contributed by atoms with Crippen LogP contribution < -0.4 is 10.5 Å². The van der Waals surface area contributed by atoms with E-state index in [2.05, 4.69) is 16.7 Å². The number of hydrogen-bond acceptors (Lipinski definition) is 6. The Morgan fingerprint density at radius 2 is 1.89 bits per heavy atom. The van der Waals surface area contributed by atoms with Crippen LogP contribution in [0.15, 0.2) is 42.5 Å². The highest BCUT2D eigenvalue weighted by molar-refractivity contribution is 6.00. The summed E-state index contributed by atoms with van der Waals surface area (Å²) >= 11 is 0. The predicted molar refractivity (Wildman–Crippen MR) is 169 cm³/mol. The van der Waals surface area contributed by atoms with Gasteiger partial charge in [0.05, 0.1) is 30.6 Å². The number of hydrogen-bond donors (Lipinski definition) is 2. The predicted octanol–water partition coefficient (Wildman–Crippen LogP) is 5.51. The fraction of sp³-hybridized carbons (Fsp3) is 0.382. The zero-order valence-corrected chi connectivity index (χ0v) is 25.5. The highest BCUT2D eigenvalue weighted by Gasteiger charge is 2.30. The van der Waals surface area contributed by atoms with Gasteiger partial charge in [0.15, 0.2) is 5.82 Å². The number of alkyl halides is 1. The first-order valence-corrected chi connectivity index (χ1v) is 15.2. The van der Waals surface area contributed by atoms with Crippen molar-refractivity contribution in [3.8, 4) is 34.3 Å². The lowest BCUT2D eigenvalue weighted by atomic mass is 9.99. The van der Waals surface area contributed by atoms with Crippen LogP contribution in [0.5, 0.6) is 11.5 Å². The molecule has 44 heavy (non-hydrogen) atoms. The molecule has 2 fully saturated rings. The maximum absolute atomic E-state index is 14.3. The number of aromatic nitrogens is 4. The molecule has 3 aromatic heterocycles. The van der Waals surface area contributed by atoms with Gasteiger partial charge in [0.25, 0.3) is 5.91 Å². The number of aromatic hydroxyl groups is 1. The minimum absolute atomic E-state index is 0.0276. The number of ether oxygens (including phenoxy) is 1. The number of fused-ring (bicyclic) bond motifs is 2. The van der Waals surface area contributed by atoms with E-state index in [0.29, 0.717) is 29.3 Å². The molecule has 1 amide bonds. The lowest BCUT2D eigenvalue weighted by molar-refractivity contribution is 0.0606. The van der Waals surface area contributed by atoms with Crippen LogP contribution in [-0.4, -0.2) is 67.4 Å². The third-order valence-corrected chi connectivity index (χ3v) is 9.27. The molecule has 0 spiro atoms. The van der Waals surface area contributed by atoms with Crippen molar-refractivity contribution < 1.29 is 19.0 Å². The molecule has 2 aliphatic rings. The van der Waals surface area contributed by atoms with E-state index in [9.17, 15) is 14.3 Å². The van der Waals surface area contributed by atoms with E-state index in [1.165, 1.54) is 17.7 Å². The average Bonchev–Trinajstić information content (AvgIpc) is 3.68. The van der Waals surface area contributed by atoms with Gasteiger partial charge in [0.1, 0.15) is 28.8 Å². The van der Waals surface area contributed by atoms with E-state index in [1.807, 2.05) is 37.6 Å². The second kappa shape index (κ2) is 10.6. The van der Waals surface area contributed by atoms with Crippen molar-refractivity contribution in [1.82, 2.24) is 24.0 Å². The second-order valence-corrected chi connectivity index (χ2v) is 12.4. The van der Waals surface area contributed by atoms with Crippen molar-refractivity contribution in [2.45, 2.75) is 51.9 Å². The van der Waals surface area contributed by atoms with Gasteiger partial charge in [-0.2, -0.15) is 0 Å². The number of nitrogens with zero attached hydrogens (tertiary/aromatic N) is 5. The highest BCUT2D eigenvalue weighted by Crippen LogP contribution is 2.39. The number of benzene rings is 2. The van der Waals surface area contributed by atoms with Crippen LogP contribution in [0.3, 0.4) is 0 Å². The molecule has 0 radical (unpaired) electrons. The van der Waals surface area contributed by atoms with E-state index in [0.717, 1.165) is 57.0 Å². The summed E-state index contributed by atoms with van der Waals surface area (Å²) in [7, 11) is 3.53. The SMILES string of the molecule is COc1cc(C(=O)N2C[C@H](N)C[C@@H](F)C2)cc2nc(-c3cc4ccc(-c5ccc(O)c(C)c5C)nc4n3CC3CC3)n(C)c12. The van der Waals surface area contributed by atoms with Crippen molar-refractivity contribution in [3.63, 3.8) is 0 Å². The summed E-state index contributed by atoms with van der Waals surface area (Å²) < 4.78 is 24.3. The number of pyridine rings is 1. The average molecular weight is 597 g/mol. The maximum atomic E-state index is 14.3. The fourth-order valence-electron chi connectivity index (χ4n) is 6.53. The standard InChI is InChI=1S/C34H37FN6O3/c1-18-19(2)29(42)10-8-25(18)26-9-7-21-12-28(41(32(21)37-26)15-20-5-6-20)33-38-27-11-22(13-30(44-4)31(27)39(33)3)34(43)40-16-23(35)14-24(36)17-40/h7-13,20,23-24,42H,5-6,14-17,36H2,1-4H3/t23-,24-/m1/s1. The molecular weight excluding hydrogens is 559 g/mol. The molecule has 2 aromatic carbocycles. The van der Waals surface area contributed by atoms with E-state index < -0.39 is 6.17 Å². The zero-order valence-electron chi connectivity index (χ0n) is 25.5. The Morgan fingerprint density at radius 1 is 1.09 bits per heavy atom. The Labute approximate surface area is 255 Å². The van der Waals surface area contributed by atoms with Crippen molar-refractivity contribution in [3.05, 3.63) is 59.2 Å². The van der Waals surface area contributed by atoms with Crippen molar-refractivity contribution >= 4 is 28.0 Å². The smallest absolute Gasteiger partial charge is 0.254 e. The molecule has 0 bridgehead atoms. The minimum atomic E-state index is -1.14. The van der Waals surface area contributed by atoms with Crippen LogP contribution in [0.4, 0.5) is 4.39 Å². The Kier molecular flexibility index (Phi) is 6.84. The summed E-state index contributed by atoms with van der Waals surface area (Å²) in [5.74, 6) is 1.84.